The van der Waals surface area contributed by atoms with Crippen LogP contribution in [0.4, 0.5) is 0 Å². The largest absolute Gasteiger partial charge is 0.311 e. The van der Waals surface area contributed by atoms with Gasteiger partial charge < -0.3 is 5.21 Å². The first-order valence-electron chi connectivity index (χ1n) is 3.14. The number of nitrogens with zero attached hydrogens (tertiary/aromatic N) is 1. The Hall–Kier alpha value is -0.820. The second-order valence-electron chi connectivity index (χ2n) is 2.15. The molecular formula is C5H9N3O3. The van der Waals surface area contributed by atoms with Gasteiger partial charge in [-0.25, -0.2) is 0 Å². The highest BCUT2D eigenvalue weighted by Gasteiger charge is 2.25. The second-order valence-corrected chi connectivity index (χ2v) is 2.15. The molecule has 0 aromatic heterocycles. The van der Waals surface area contributed by atoms with Crippen LogP contribution in [0.3, 0.4) is 0 Å². The van der Waals surface area contributed by atoms with Crippen LogP contribution in [0.25, 0.3) is 0 Å². The summed E-state index contributed by atoms with van der Waals surface area (Å²) >= 11 is 0. The summed E-state index contributed by atoms with van der Waals surface area (Å²) in [4.78, 5) is 20.7. The van der Waals surface area contributed by atoms with Crippen molar-refractivity contribution in [1.29, 1.82) is 0 Å². The normalized spacial score (nSPS) is 26.5. The second kappa shape index (κ2) is 3.54. The Bertz CT molecular complexity index is 172. The van der Waals surface area contributed by atoms with E-state index in [1.807, 2.05) is 0 Å². The fraction of sp³-hybridized carbons (Fsp3) is 0.600. The molecule has 6 heteroatoms. The van der Waals surface area contributed by atoms with Gasteiger partial charge in [0.15, 0.2) is 12.5 Å². The van der Waals surface area contributed by atoms with Crippen LogP contribution in [0.5, 0.6) is 0 Å². The van der Waals surface area contributed by atoms with E-state index in [0.717, 1.165) is 5.06 Å². The minimum absolute atomic E-state index is 0.178. The van der Waals surface area contributed by atoms with Gasteiger partial charge in [-0.15, -0.1) is 0 Å². The van der Waals surface area contributed by atoms with Gasteiger partial charge in [-0.1, -0.05) is 0 Å². The van der Waals surface area contributed by atoms with Crippen molar-refractivity contribution < 1.29 is 14.8 Å². The molecule has 0 aromatic rings. The zero-order chi connectivity index (χ0) is 8.27. The number of Topliss-reactive ketones (excluding diaryl/α,β-unsaturated/α-hetero) is 1. The van der Waals surface area contributed by atoms with Crippen LogP contribution in [0.2, 0.25) is 0 Å². The molecule has 3 N–H and O–H groups in total. The van der Waals surface area contributed by atoms with Crippen molar-refractivity contribution in [3.05, 3.63) is 0 Å². The number of hydrogen-bond acceptors (Lipinski definition) is 6. The van der Waals surface area contributed by atoms with E-state index in [-0.39, 0.29) is 13.0 Å². The van der Waals surface area contributed by atoms with E-state index in [4.69, 9.17) is 5.21 Å². The molecule has 1 saturated heterocycles. The topological polar surface area (TPSA) is 81.7 Å². The van der Waals surface area contributed by atoms with Gasteiger partial charge in [0.2, 0.25) is 5.78 Å². The van der Waals surface area contributed by atoms with E-state index in [1.165, 1.54) is 0 Å². The van der Waals surface area contributed by atoms with Crippen LogP contribution in [0, 0.1) is 0 Å². The molecule has 0 aliphatic carbocycles. The van der Waals surface area contributed by atoms with E-state index in [2.05, 4.69) is 10.6 Å². The highest BCUT2D eigenvalue weighted by molar-refractivity contribution is 6.27. The molecule has 1 aliphatic heterocycles. The number of hydrogen-bond donors (Lipinski definition) is 3. The van der Waals surface area contributed by atoms with Gasteiger partial charge in [0.1, 0.15) is 0 Å². The molecule has 1 rings (SSSR count). The van der Waals surface area contributed by atoms with Gasteiger partial charge in [0, 0.05) is 6.67 Å². The monoisotopic (exact) mass is 159 g/mol. The van der Waals surface area contributed by atoms with Crippen molar-refractivity contribution in [2.24, 2.45) is 0 Å². The van der Waals surface area contributed by atoms with Crippen LogP contribution < -0.4 is 10.6 Å². The third-order valence-corrected chi connectivity index (χ3v) is 1.38. The zero-order valence-corrected chi connectivity index (χ0v) is 5.78. The number of ketones is 1. The SMILES string of the molecule is O=CC(=O)C1NCNCN1O. The average molecular weight is 159 g/mol. The molecule has 6 nitrogen and oxygen atoms in total. The summed E-state index contributed by atoms with van der Waals surface area (Å²) < 4.78 is 0. The number of aldehydes is 1. The van der Waals surface area contributed by atoms with Gasteiger partial charge in [-0.05, 0) is 0 Å². The lowest BCUT2D eigenvalue weighted by Gasteiger charge is -2.29. The van der Waals surface area contributed by atoms with E-state index >= 15 is 0 Å². The number of rotatable bonds is 2. The molecule has 11 heavy (non-hydrogen) atoms. The third kappa shape index (κ3) is 1.81. The maximum atomic E-state index is 10.7. The molecule has 1 aliphatic rings. The molecule has 1 heterocycles. The molecular weight excluding hydrogens is 150 g/mol. The lowest BCUT2D eigenvalue weighted by atomic mass is 10.3. The Morgan fingerprint density at radius 1 is 1.73 bits per heavy atom. The van der Waals surface area contributed by atoms with Gasteiger partial charge in [0.25, 0.3) is 0 Å². The number of hydroxylamine groups is 2. The minimum atomic E-state index is -0.895. The first-order chi connectivity index (χ1) is 5.25. The van der Waals surface area contributed by atoms with E-state index < -0.39 is 11.9 Å². The number of carbonyl (C=O) groups is 2. The van der Waals surface area contributed by atoms with Crippen LogP contribution in [-0.2, 0) is 9.59 Å². The summed E-state index contributed by atoms with van der Waals surface area (Å²) in [5.41, 5.74) is 0. The fourth-order valence-corrected chi connectivity index (χ4v) is 0.848. The standard InChI is InChI=1S/C5H9N3O3/c9-1-4(10)5-7-2-6-3-8(5)11/h1,5-7,11H,2-3H2. The lowest BCUT2D eigenvalue weighted by Crippen LogP contribution is -2.60. The lowest BCUT2D eigenvalue weighted by molar-refractivity contribution is -0.170. The van der Waals surface area contributed by atoms with Gasteiger partial charge in [-0.3, -0.25) is 20.2 Å². The molecule has 62 valence electrons. The van der Waals surface area contributed by atoms with Crippen molar-refractivity contribution in [3.8, 4) is 0 Å². The summed E-state index contributed by atoms with van der Waals surface area (Å²) in [6, 6.07) is 0. The Morgan fingerprint density at radius 3 is 3.00 bits per heavy atom. The van der Waals surface area contributed by atoms with Gasteiger partial charge in [0.05, 0.1) is 6.67 Å². The summed E-state index contributed by atoms with van der Waals surface area (Å²) in [7, 11) is 0. The van der Waals surface area contributed by atoms with Crippen molar-refractivity contribution in [3.63, 3.8) is 0 Å². The predicted octanol–water partition coefficient (Wildman–Crippen LogP) is -2.12. The molecule has 0 spiro atoms. The highest BCUT2D eigenvalue weighted by atomic mass is 16.5. The molecule has 0 amide bonds. The maximum Gasteiger partial charge on any atom is 0.229 e. The Labute approximate surface area is 63.1 Å². The number of carbonyl (C=O) groups excluding carboxylic acids is 2. The van der Waals surface area contributed by atoms with Crippen LogP contribution in [-0.4, -0.2) is 41.8 Å². The van der Waals surface area contributed by atoms with Crippen LogP contribution in [0.15, 0.2) is 0 Å². The molecule has 0 bridgehead atoms. The molecule has 0 radical (unpaired) electrons. The first-order valence-corrected chi connectivity index (χ1v) is 3.14. The maximum absolute atomic E-state index is 10.7. The summed E-state index contributed by atoms with van der Waals surface area (Å²) in [5, 5.41) is 15.1. The minimum Gasteiger partial charge on any atom is -0.311 e. The third-order valence-electron chi connectivity index (χ3n) is 1.38. The fourth-order valence-electron chi connectivity index (χ4n) is 0.848. The zero-order valence-electron chi connectivity index (χ0n) is 5.78. The molecule has 1 atom stereocenters. The van der Waals surface area contributed by atoms with Crippen LogP contribution in [0.1, 0.15) is 0 Å². The first kappa shape index (κ1) is 8.28. The quantitative estimate of drug-likeness (QED) is 0.315. The number of nitrogens with one attached hydrogen (secondary N) is 2. The van der Waals surface area contributed by atoms with Crippen LogP contribution >= 0.6 is 0 Å². The highest BCUT2D eigenvalue weighted by Crippen LogP contribution is 1.93. The van der Waals surface area contributed by atoms with Crippen molar-refractivity contribution in [2.75, 3.05) is 13.3 Å². The average Bonchev–Trinajstić information content (AvgIpc) is 2.04. The molecule has 0 saturated carbocycles. The van der Waals surface area contributed by atoms with Gasteiger partial charge >= 0.3 is 0 Å². The Kier molecular flexibility index (Phi) is 2.66. The van der Waals surface area contributed by atoms with Crippen molar-refractivity contribution in [2.45, 2.75) is 6.17 Å². The van der Waals surface area contributed by atoms with Crippen molar-refractivity contribution >= 4 is 12.1 Å². The molecule has 1 fully saturated rings. The molecule has 0 aromatic carbocycles. The van der Waals surface area contributed by atoms with E-state index in [9.17, 15) is 9.59 Å². The van der Waals surface area contributed by atoms with Gasteiger partial charge in [-0.2, -0.15) is 5.06 Å². The smallest absolute Gasteiger partial charge is 0.229 e. The van der Waals surface area contributed by atoms with E-state index in [1.54, 1.807) is 0 Å². The van der Waals surface area contributed by atoms with Crippen molar-refractivity contribution in [1.82, 2.24) is 15.7 Å². The summed E-state index contributed by atoms with van der Waals surface area (Å²) in [6.45, 7) is 0.582. The summed E-state index contributed by atoms with van der Waals surface area (Å²) in [6.07, 6.45) is -0.708. The van der Waals surface area contributed by atoms with E-state index in [0.29, 0.717) is 6.67 Å². The summed E-state index contributed by atoms with van der Waals surface area (Å²) in [5.74, 6) is -0.672. The predicted molar refractivity (Wildman–Crippen MR) is 34.5 cm³/mol. The molecule has 1 unspecified atom stereocenters. The Morgan fingerprint density at radius 2 is 2.45 bits per heavy atom. The Balaban J connectivity index is 2.53.